The van der Waals surface area contributed by atoms with E-state index in [4.69, 9.17) is 10.7 Å². The molecule has 1 atom stereocenters. The molecule has 1 aromatic rings. The van der Waals surface area contributed by atoms with E-state index in [1.807, 2.05) is 50.2 Å². The molecule has 0 aliphatic carbocycles. The van der Waals surface area contributed by atoms with E-state index in [1.54, 1.807) is 0 Å². The van der Waals surface area contributed by atoms with Crippen molar-refractivity contribution >= 4 is 17.8 Å². The summed E-state index contributed by atoms with van der Waals surface area (Å²) < 4.78 is 0. The summed E-state index contributed by atoms with van der Waals surface area (Å²) in [5, 5.41) is 0. The van der Waals surface area contributed by atoms with Gasteiger partial charge in [0.1, 0.15) is 0 Å². The fourth-order valence-corrected chi connectivity index (χ4v) is 2.84. The molecule has 1 aromatic carbocycles. The minimum atomic E-state index is -0.754. The van der Waals surface area contributed by atoms with Gasteiger partial charge < -0.3 is 10.6 Å². The maximum atomic E-state index is 12.2. The smallest absolute Gasteiger partial charge is 0.231 e. The van der Waals surface area contributed by atoms with Crippen molar-refractivity contribution in [2.45, 2.75) is 25.4 Å². The van der Waals surface area contributed by atoms with E-state index in [9.17, 15) is 4.79 Å². The molecular weight excluding hydrogens is 266 g/mol. The van der Waals surface area contributed by atoms with Crippen molar-refractivity contribution in [2.24, 2.45) is 15.7 Å². The molecule has 2 aliphatic rings. The van der Waals surface area contributed by atoms with Gasteiger partial charge in [-0.3, -0.25) is 9.69 Å². The van der Waals surface area contributed by atoms with Crippen molar-refractivity contribution < 1.29 is 4.79 Å². The van der Waals surface area contributed by atoms with Gasteiger partial charge in [0.2, 0.25) is 17.8 Å². The Morgan fingerprint density at radius 3 is 2.57 bits per heavy atom. The second-order valence-corrected chi connectivity index (χ2v) is 5.69. The summed E-state index contributed by atoms with van der Waals surface area (Å²) in [6.45, 7) is 2.03. The number of nitrogens with two attached hydrogens (primary N) is 1. The second-order valence-electron chi connectivity index (χ2n) is 5.69. The summed E-state index contributed by atoms with van der Waals surface area (Å²) in [6.07, 6.45) is 1.04. The van der Waals surface area contributed by atoms with E-state index in [1.165, 1.54) is 10.5 Å². The molecule has 0 spiro atoms. The van der Waals surface area contributed by atoms with Crippen molar-refractivity contribution in [3.05, 3.63) is 35.4 Å². The molecule has 3 rings (SSSR count). The van der Waals surface area contributed by atoms with Crippen molar-refractivity contribution in [1.82, 2.24) is 9.80 Å². The standard InChI is InChI=1S/C15H19N5O/c1-10-4-6-11(7-5-10)15-9-8-12(21)20(15)13(16)17-14(18-15)19(2)3/h4-7H,8-9H2,1-3H3,(H2,16,17,18). The highest BCUT2D eigenvalue weighted by Crippen LogP contribution is 2.42. The Balaban J connectivity index is 2.18. The van der Waals surface area contributed by atoms with Crippen LogP contribution in [0.3, 0.4) is 0 Å². The molecule has 21 heavy (non-hydrogen) atoms. The lowest BCUT2D eigenvalue weighted by atomic mass is 9.96. The number of aryl methyl sites for hydroxylation is 1. The number of carbonyl (C=O) groups excluding carboxylic acids is 1. The lowest BCUT2D eigenvalue weighted by molar-refractivity contribution is -0.126. The number of aliphatic imine (C=N–C) groups is 2. The van der Waals surface area contributed by atoms with Crippen LogP contribution in [0.4, 0.5) is 0 Å². The third kappa shape index (κ3) is 1.98. The third-order valence-corrected chi connectivity index (χ3v) is 3.95. The van der Waals surface area contributed by atoms with Crippen molar-refractivity contribution in [3.8, 4) is 0 Å². The zero-order chi connectivity index (χ0) is 15.2. The average Bonchev–Trinajstić information content (AvgIpc) is 2.78. The van der Waals surface area contributed by atoms with Gasteiger partial charge in [-0.25, -0.2) is 4.99 Å². The van der Waals surface area contributed by atoms with E-state index in [0.717, 1.165) is 5.56 Å². The minimum absolute atomic E-state index is 0.0293. The van der Waals surface area contributed by atoms with Gasteiger partial charge in [-0.2, -0.15) is 4.99 Å². The molecule has 0 bridgehead atoms. The molecule has 2 aliphatic heterocycles. The van der Waals surface area contributed by atoms with Gasteiger partial charge in [-0.15, -0.1) is 0 Å². The fourth-order valence-electron chi connectivity index (χ4n) is 2.84. The SMILES string of the molecule is Cc1ccc(C23CCC(=O)N2C(N)=NC(N(C)C)=N3)cc1. The van der Waals surface area contributed by atoms with Crippen LogP contribution in [-0.2, 0) is 10.5 Å². The summed E-state index contributed by atoms with van der Waals surface area (Å²) in [5.74, 6) is 0.731. The predicted molar refractivity (Wildman–Crippen MR) is 81.7 cm³/mol. The van der Waals surface area contributed by atoms with Crippen LogP contribution in [0.2, 0.25) is 0 Å². The first-order valence-corrected chi connectivity index (χ1v) is 6.95. The molecule has 1 fully saturated rings. The Kier molecular flexibility index (Phi) is 2.97. The summed E-state index contributed by atoms with van der Waals surface area (Å²) in [7, 11) is 3.73. The molecule has 1 unspecified atom stereocenters. The zero-order valence-electron chi connectivity index (χ0n) is 12.5. The highest BCUT2D eigenvalue weighted by Gasteiger charge is 2.51. The molecule has 6 nitrogen and oxygen atoms in total. The Morgan fingerprint density at radius 2 is 1.95 bits per heavy atom. The summed E-state index contributed by atoms with van der Waals surface area (Å²) >= 11 is 0. The van der Waals surface area contributed by atoms with Crippen LogP contribution in [0.5, 0.6) is 0 Å². The highest BCUT2D eigenvalue weighted by molar-refractivity contribution is 6.06. The van der Waals surface area contributed by atoms with Gasteiger partial charge >= 0.3 is 0 Å². The Bertz CT molecular complexity index is 647. The normalized spacial score (nSPS) is 24.5. The monoisotopic (exact) mass is 285 g/mol. The number of guanidine groups is 2. The molecule has 0 aromatic heterocycles. The fraction of sp³-hybridized carbons (Fsp3) is 0.400. The second kappa shape index (κ2) is 4.58. The zero-order valence-corrected chi connectivity index (χ0v) is 12.5. The Hall–Kier alpha value is -2.37. The van der Waals surface area contributed by atoms with Gasteiger partial charge in [-0.05, 0) is 6.92 Å². The summed E-state index contributed by atoms with van der Waals surface area (Å²) in [6, 6.07) is 8.07. The highest BCUT2D eigenvalue weighted by atomic mass is 16.2. The van der Waals surface area contributed by atoms with Crippen LogP contribution in [0.1, 0.15) is 24.0 Å². The van der Waals surface area contributed by atoms with Crippen molar-refractivity contribution in [2.75, 3.05) is 14.1 Å². The molecule has 2 N–H and O–H groups in total. The van der Waals surface area contributed by atoms with Gasteiger partial charge in [0.25, 0.3) is 0 Å². The van der Waals surface area contributed by atoms with E-state index < -0.39 is 5.66 Å². The number of nitrogens with zero attached hydrogens (tertiary/aromatic N) is 4. The van der Waals surface area contributed by atoms with E-state index in [2.05, 4.69) is 4.99 Å². The van der Waals surface area contributed by atoms with Crippen LogP contribution in [-0.4, -0.2) is 41.7 Å². The minimum Gasteiger partial charge on any atom is -0.369 e. The molecular formula is C15H19N5O. The predicted octanol–water partition coefficient (Wildman–Crippen LogP) is 1.02. The largest absolute Gasteiger partial charge is 0.369 e. The molecule has 2 heterocycles. The summed E-state index contributed by atoms with van der Waals surface area (Å²) in [5.41, 5.74) is 7.42. The Morgan fingerprint density at radius 1 is 1.29 bits per heavy atom. The van der Waals surface area contributed by atoms with E-state index >= 15 is 0 Å². The first kappa shape index (κ1) is 13.6. The lowest BCUT2D eigenvalue weighted by Crippen LogP contribution is -2.53. The van der Waals surface area contributed by atoms with Gasteiger partial charge in [0.05, 0.1) is 0 Å². The molecule has 1 saturated heterocycles. The summed E-state index contributed by atoms with van der Waals surface area (Å²) in [4.78, 5) is 24.6. The van der Waals surface area contributed by atoms with Crippen LogP contribution in [0, 0.1) is 6.92 Å². The molecule has 110 valence electrons. The average molecular weight is 285 g/mol. The van der Waals surface area contributed by atoms with Gasteiger partial charge in [0, 0.05) is 32.5 Å². The number of hydrogen-bond donors (Lipinski definition) is 1. The third-order valence-electron chi connectivity index (χ3n) is 3.95. The molecule has 6 heteroatoms. The quantitative estimate of drug-likeness (QED) is 0.837. The maximum absolute atomic E-state index is 12.2. The van der Waals surface area contributed by atoms with Gasteiger partial charge in [-0.1, -0.05) is 29.8 Å². The van der Waals surface area contributed by atoms with E-state index in [-0.39, 0.29) is 11.9 Å². The first-order valence-electron chi connectivity index (χ1n) is 6.95. The lowest BCUT2D eigenvalue weighted by Gasteiger charge is -2.38. The maximum Gasteiger partial charge on any atom is 0.231 e. The van der Waals surface area contributed by atoms with Crippen LogP contribution in [0.15, 0.2) is 34.3 Å². The number of benzene rings is 1. The molecule has 0 saturated carbocycles. The van der Waals surface area contributed by atoms with Crippen LogP contribution >= 0.6 is 0 Å². The topological polar surface area (TPSA) is 74.3 Å². The van der Waals surface area contributed by atoms with Crippen LogP contribution in [0.25, 0.3) is 0 Å². The number of amides is 1. The molecule has 1 amide bonds. The first-order chi connectivity index (χ1) is 9.94. The van der Waals surface area contributed by atoms with Crippen molar-refractivity contribution in [1.29, 1.82) is 0 Å². The van der Waals surface area contributed by atoms with Crippen molar-refractivity contribution in [3.63, 3.8) is 0 Å². The van der Waals surface area contributed by atoms with E-state index in [0.29, 0.717) is 18.8 Å². The number of rotatable bonds is 1. The number of carbonyl (C=O) groups is 1. The molecule has 0 radical (unpaired) electrons. The number of hydrogen-bond acceptors (Lipinski definition) is 5. The Labute approximate surface area is 124 Å². The number of fused-ring (bicyclic) bond motifs is 1. The van der Waals surface area contributed by atoms with Crippen LogP contribution < -0.4 is 5.73 Å². The van der Waals surface area contributed by atoms with Gasteiger partial charge in [0.15, 0.2) is 5.66 Å².